The minimum atomic E-state index is 0.0224. The second kappa shape index (κ2) is 5.99. The second-order valence-electron chi connectivity index (χ2n) is 5.77. The van der Waals surface area contributed by atoms with Gasteiger partial charge in [0, 0.05) is 24.8 Å². The van der Waals surface area contributed by atoms with Gasteiger partial charge in [-0.15, -0.1) is 0 Å². The normalized spacial score (nSPS) is 31.6. The van der Waals surface area contributed by atoms with Gasteiger partial charge in [0.15, 0.2) is 0 Å². The lowest BCUT2D eigenvalue weighted by Crippen LogP contribution is -2.58. The van der Waals surface area contributed by atoms with Gasteiger partial charge < -0.3 is 10.5 Å². The average molecular weight is 263 g/mol. The fourth-order valence-electron chi connectivity index (χ4n) is 3.18. The molecule has 0 aromatic carbocycles. The fourth-order valence-corrected chi connectivity index (χ4v) is 3.18. The zero-order chi connectivity index (χ0) is 13.9. The van der Waals surface area contributed by atoms with E-state index in [2.05, 4.69) is 36.8 Å². The van der Waals surface area contributed by atoms with Crippen LogP contribution in [-0.2, 0) is 11.3 Å². The third-order valence-corrected chi connectivity index (χ3v) is 4.11. The van der Waals surface area contributed by atoms with E-state index in [1.807, 2.05) is 18.3 Å². The molecule has 2 N–H and O–H groups in total. The summed E-state index contributed by atoms with van der Waals surface area (Å²) in [4.78, 5) is 6.76. The van der Waals surface area contributed by atoms with E-state index in [-0.39, 0.29) is 17.7 Å². The van der Waals surface area contributed by atoms with Crippen molar-refractivity contribution in [1.82, 2.24) is 9.88 Å². The summed E-state index contributed by atoms with van der Waals surface area (Å²) in [5.41, 5.74) is 7.21. The summed E-state index contributed by atoms with van der Waals surface area (Å²) in [6, 6.07) is 6.04. The van der Waals surface area contributed by atoms with Crippen LogP contribution in [-0.4, -0.2) is 41.2 Å². The van der Waals surface area contributed by atoms with Crippen molar-refractivity contribution in [3.8, 4) is 0 Å². The predicted molar refractivity (Wildman–Crippen MR) is 76.7 cm³/mol. The molecule has 0 bridgehead atoms. The van der Waals surface area contributed by atoms with Crippen LogP contribution >= 0.6 is 0 Å². The van der Waals surface area contributed by atoms with Crippen molar-refractivity contribution in [3.05, 3.63) is 30.1 Å². The predicted octanol–water partition coefficient (Wildman–Crippen LogP) is 1.80. The van der Waals surface area contributed by atoms with Crippen molar-refractivity contribution < 1.29 is 4.74 Å². The highest BCUT2D eigenvalue weighted by molar-refractivity contribution is 5.05. The monoisotopic (exact) mass is 263 g/mol. The highest BCUT2D eigenvalue weighted by Crippen LogP contribution is 2.33. The second-order valence-corrected chi connectivity index (χ2v) is 5.77. The fraction of sp³-hybridized carbons (Fsp3) is 0.667. The first-order valence-corrected chi connectivity index (χ1v) is 7.02. The molecule has 0 saturated carbocycles. The van der Waals surface area contributed by atoms with Crippen LogP contribution in [0, 0.1) is 0 Å². The van der Waals surface area contributed by atoms with Gasteiger partial charge in [-0.05, 0) is 45.9 Å². The lowest BCUT2D eigenvalue weighted by atomic mass is 9.82. The Bertz CT molecular complexity index is 386. The van der Waals surface area contributed by atoms with E-state index in [1.54, 1.807) is 0 Å². The summed E-state index contributed by atoms with van der Waals surface area (Å²) < 4.78 is 5.85. The Kier molecular flexibility index (Phi) is 4.55. The summed E-state index contributed by atoms with van der Waals surface area (Å²) in [6.07, 6.45) is 4.33. The van der Waals surface area contributed by atoms with Crippen molar-refractivity contribution in [2.24, 2.45) is 5.73 Å². The molecular formula is C15H25N3O. The number of hydrogen-bond donors (Lipinski definition) is 1. The zero-order valence-electron chi connectivity index (χ0n) is 12.2. The lowest BCUT2D eigenvalue weighted by Gasteiger charge is -2.48. The SMILES string of the molecule is CC1CC(CN)(N(C)Cc2ccccn2)CC(C)O1. The summed E-state index contributed by atoms with van der Waals surface area (Å²) in [5.74, 6) is 0. The summed E-state index contributed by atoms with van der Waals surface area (Å²) in [7, 11) is 2.15. The van der Waals surface area contributed by atoms with E-state index in [1.165, 1.54) is 0 Å². The highest BCUT2D eigenvalue weighted by Gasteiger charge is 2.40. The number of pyridine rings is 1. The number of nitrogens with zero attached hydrogens (tertiary/aromatic N) is 2. The summed E-state index contributed by atoms with van der Waals surface area (Å²) >= 11 is 0. The first kappa shape index (κ1) is 14.4. The Balaban J connectivity index is 2.11. The molecule has 0 radical (unpaired) electrons. The van der Waals surface area contributed by atoms with Crippen LogP contribution in [0.25, 0.3) is 0 Å². The number of hydrogen-bond acceptors (Lipinski definition) is 4. The van der Waals surface area contributed by atoms with E-state index in [9.17, 15) is 0 Å². The number of ether oxygens (including phenoxy) is 1. The molecule has 19 heavy (non-hydrogen) atoms. The van der Waals surface area contributed by atoms with Gasteiger partial charge in [0.25, 0.3) is 0 Å². The molecule has 0 spiro atoms. The maximum absolute atomic E-state index is 6.10. The van der Waals surface area contributed by atoms with Gasteiger partial charge in [-0.25, -0.2) is 0 Å². The van der Waals surface area contributed by atoms with Crippen molar-refractivity contribution in [3.63, 3.8) is 0 Å². The molecule has 1 aromatic rings. The van der Waals surface area contributed by atoms with Crippen molar-refractivity contribution >= 4 is 0 Å². The Morgan fingerprint density at radius 1 is 1.37 bits per heavy atom. The Morgan fingerprint density at radius 2 is 2.05 bits per heavy atom. The van der Waals surface area contributed by atoms with Crippen LogP contribution in [0.5, 0.6) is 0 Å². The van der Waals surface area contributed by atoms with E-state index < -0.39 is 0 Å². The molecular weight excluding hydrogens is 238 g/mol. The molecule has 4 nitrogen and oxygen atoms in total. The minimum absolute atomic E-state index is 0.0224. The molecule has 1 aliphatic rings. The maximum atomic E-state index is 6.10. The molecule has 2 atom stereocenters. The van der Waals surface area contributed by atoms with Crippen LogP contribution in [0.4, 0.5) is 0 Å². The molecule has 106 valence electrons. The summed E-state index contributed by atoms with van der Waals surface area (Å²) in [5, 5.41) is 0. The van der Waals surface area contributed by atoms with E-state index in [0.29, 0.717) is 6.54 Å². The third-order valence-electron chi connectivity index (χ3n) is 4.11. The van der Waals surface area contributed by atoms with Gasteiger partial charge in [0.1, 0.15) is 0 Å². The Labute approximate surface area is 116 Å². The molecule has 2 unspecified atom stereocenters. The van der Waals surface area contributed by atoms with Gasteiger partial charge in [-0.1, -0.05) is 6.07 Å². The van der Waals surface area contributed by atoms with Gasteiger partial charge in [0.2, 0.25) is 0 Å². The van der Waals surface area contributed by atoms with Crippen LogP contribution in [0.15, 0.2) is 24.4 Å². The summed E-state index contributed by atoms with van der Waals surface area (Å²) in [6.45, 7) is 5.76. The molecule has 1 saturated heterocycles. The van der Waals surface area contributed by atoms with Gasteiger partial charge in [-0.2, -0.15) is 0 Å². The number of rotatable bonds is 4. The van der Waals surface area contributed by atoms with Crippen LogP contribution in [0.3, 0.4) is 0 Å². The number of nitrogens with two attached hydrogens (primary N) is 1. The van der Waals surface area contributed by atoms with Crippen molar-refractivity contribution in [2.75, 3.05) is 13.6 Å². The topological polar surface area (TPSA) is 51.4 Å². The smallest absolute Gasteiger partial charge is 0.0568 e. The lowest BCUT2D eigenvalue weighted by molar-refractivity contribution is -0.0995. The first-order valence-electron chi connectivity index (χ1n) is 7.02. The van der Waals surface area contributed by atoms with E-state index in [4.69, 9.17) is 10.5 Å². The molecule has 2 heterocycles. The maximum Gasteiger partial charge on any atom is 0.0568 e. The minimum Gasteiger partial charge on any atom is -0.375 e. The third kappa shape index (κ3) is 3.32. The zero-order valence-corrected chi connectivity index (χ0v) is 12.2. The standard InChI is InChI=1S/C15H25N3O/c1-12-8-15(11-16,9-13(2)19-12)18(3)10-14-6-4-5-7-17-14/h4-7,12-13H,8-11,16H2,1-3H3. The first-order chi connectivity index (χ1) is 9.05. The molecule has 4 heteroatoms. The van der Waals surface area contributed by atoms with Crippen LogP contribution in [0.2, 0.25) is 0 Å². The Hall–Kier alpha value is -0.970. The Morgan fingerprint density at radius 3 is 2.58 bits per heavy atom. The molecule has 2 rings (SSSR count). The van der Waals surface area contributed by atoms with Crippen molar-refractivity contribution in [1.29, 1.82) is 0 Å². The average Bonchev–Trinajstić information content (AvgIpc) is 2.38. The van der Waals surface area contributed by atoms with E-state index in [0.717, 1.165) is 25.1 Å². The number of aromatic nitrogens is 1. The van der Waals surface area contributed by atoms with Gasteiger partial charge in [0.05, 0.1) is 17.9 Å². The molecule has 1 aromatic heterocycles. The van der Waals surface area contributed by atoms with Gasteiger partial charge >= 0.3 is 0 Å². The van der Waals surface area contributed by atoms with Gasteiger partial charge in [-0.3, -0.25) is 9.88 Å². The molecule has 1 fully saturated rings. The molecule has 1 aliphatic heterocycles. The van der Waals surface area contributed by atoms with Crippen molar-refractivity contribution in [2.45, 2.75) is 51.0 Å². The van der Waals surface area contributed by atoms with Crippen LogP contribution in [0.1, 0.15) is 32.4 Å². The molecule has 0 aliphatic carbocycles. The largest absolute Gasteiger partial charge is 0.375 e. The van der Waals surface area contributed by atoms with Crippen LogP contribution < -0.4 is 5.73 Å². The highest BCUT2D eigenvalue weighted by atomic mass is 16.5. The molecule has 0 amide bonds. The quantitative estimate of drug-likeness (QED) is 0.900. The van der Waals surface area contributed by atoms with E-state index >= 15 is 0 Å². The number of likely N-dealkylation sites (N-methyl/N-ethyl adjacent to an activating group) is 1.